The van der Waals surface area contributed by atoms with Crippen molar-refractivity contribution in [1.82, 2.24) is 35.0 Å². The number of aromatic nitrogens is 4. The lowest BCUT2D eigenvalue weighted by atomic mass is 9.67. The minimum absolute atomic E-state index is 0.0235. The highest BCUT2D eigenvalue weighted by Crippen LogP contribution is 2.43. The number of amides is 2. The maximum Gasteiger partial charge on any atom is 0.276 e. The number of rotatable bonds is 5. The first kappa shape index (κ1) is 19.6. The molecule has 0 radical (unpaired) electrons. The van der Waals surface area contributed by atoms with Crippen molar-refractivity contribution >= 4 is 11.8 Å². The van der Waals surface area contributed by atoms with Crippen molar-refractivity contribution in [3.8, 4) is 0 Å². The van der Waals surface area contributed by atoms with E-state index in [2.05, 4.69) is 25.5 Å². The number of piperidine rings is 2. The zero-order chi connectivity index (χ0) is 20.4. The minimum Gasteiger partial charge on any atom is -0.364 e. The summed E-state index contributed by atoms with van der Waals surface area (Å²) in [5.41, 5.74) is -0.291. The SMILES string of the molecule is CN1CC[C@]2(C(=O)NCCc3ncnn3C)CCCN(C(=O)c3ccon3)[C@H]2C1. The number of carbonyl (C=O) groups excluding carboxylic acids is 2. The Balaban J connectivity index is 1.51. The van der Waals surface area contributed by atoms with Crippen molar-refractivity contribution in [2.24, 2.45) is 12.5 Å². The second kappa shape index (κ2) is 7.94. The second-order valence-corrected chi connectivity index (χ2v) is 7.98. The lowest BCUT2D eigenvalue weighted by Crippen LogP contribution is -2.66. The van der Waals surface area contributed by atoms with E-state index in [4.69, 9.17) is 4.52 Å². The smallest absolute Gasteiger partial charge is 0.276 e. The largest absolute Gasteiger partial charge is 0.364 e. The summed E-state index contributed by atoms with van der Waals surface area (Å²) in [5.74, 6) is 0.680. The van der Waals surface area contributed by atoms with Gasteiger partial charge in [-0.15, -0.1) is 0 Å². The number of likely N-dealkylation sites (N-methyl/N-ethyl adjacent to an activating group) is 1. The van der Waals surface area contributed by atoms with Crippen molar-refractivity contribution in [3.63, 3.8) is 0 Å². The van der Waals surface area contributed by atoms with Crippen molar-refractivity contribution in [1.29, 1.82) is 0 Å². The van der Waals surface area contributed by atoms with Crippen LogP contribution in [0.25, 0.3) is 0 Å². The van der Waals surface area contributed by atoms with Crippen LogP contribution in [0.5, 0.6) is 0 Å². The third-order valence-electron chi connectivity index (χ3n) is 6.27. The number of aryl methyl sites for hydroxylation is 1. The fourth-order valence-corrected chi connectivity index (χ4v) is 4.63. The molecule has 0 unspecified atom stereocenters. The molecule has 4 rings (SSSR count). The first-order chi connectivity index (χ1) is 14.0. The molecular formula is C19H27N7O3. The molecular weight excluding hydrogens is 374 g/mol. The van der Waals surface area contributed by atoms with Gasteiger partial charge in [0.25, 0.3) is 5.91 Å². The third kappa shape index (κ3) is 3.64. The molecule has 1 N–H and O–H groups in total. The van der Waals surface area contributed by atoms with E-state index < -0.39 is 5.41 Å². The van der Waals surface area contributed by atoms with E-state index in [1.807, 2.05) is 19.0 Å². The summed E-state index contributed by atoms with van der Waals surface area (Å²) in [6.07, 6.45) is 5.83. The Hall–Kier alpha value is -2.75. The topological polar surface area (TPSA) is 109 Å². The van der Waals surface area contributed by atoms with Gasteiger partial charge in [-0.25, -0.2) is 4.98 Å². The van der Waals surface area contributed by atoms with Crippen LogP contribution in [0, 0.1) is 5.41 Å². The highest BCUT2D eigenvalue weighted by atomic mass is 16.5. The quantitative estimate of drug-likeness (QED) is 0.756. The molecule has 156 valence electrons. The number of hydrogen-bond acceptors (Lipinski definition) is 7. The van der Waals surface area contributed by atoms with Crippen LogP contribution in [0.2, 0.25) is 0 Å². The van der Waals surface area contributed by atoms with Crippen LogP contribution in [0.1, 0.15) is 35.6 Å². The highest BCUT2D eigenvalue weighted by Gasteiger charge is 2.53. The Morgan fingerprint density at radius 1 is 1.31 bits per heavy atom. The molecule has 2 fully saturated rings. The number of likely N-dealkylation sites (tertiary alicyclic amines) is 2. The maximum absolute atomic E-state index is 13.4. The van der Waals surface area contributed by atoms with Crippen LogP contribution in [0.4, 0.5) is 0 Å². The van der Waals surface area contributed by atoms with E-state index in [0.717, 1.165) is 31.6 Å². The van der Waals surface area contributed by atoms with E-state index >= 15 is 0 Å². The van der Waals surface area contributed by atoms with E-state index in [1.165, 1.54) is 12.6 Å². The Bertz CT molecular complexity index is 865. The number of nitrogens with zero attached hydrogens (tertiary/aromatic N) is 6. The summed E-state index contributed by atoms with van der Waals surface area (Å²) in [7, 11) is 3.87. The highest BCUT2D eigenvalue weighted by molar-refractivity contribution is 5.93. The Labute approximate surface area is 169 Å². The zero-order valence-corrected chi connectivity index (χ0v) is 16.9. The van der Waals surface area contributed by atoms with E-state index in [-0.39, 0.29) is 23.6 Å². The molecule has 10 nitrogen and oxygen atoms in total. The molecule has 4 heterocycles. The predicted octanol–water partition coefficient (Wildman–Crippen LogP) is 0.0885. The molecule has 0 spiro atoms. The zero-order valence-electron chi connectivity index (χ0n) is 16.9. The molecule has 2 aromatic heterocycles. The average molecular weight is 401 g/mol. The average Bonchev–Trinajstić information content (AvgIpc) is 3.39. The molecule has 29 heavy (non-hydrogen) atoms. The summed E-state index contributed by atoms with van der Waals surface area (Å²) in [5, 5.41) is 11.0. The van der Waals surface area contributed by atoms with Gasteiger partial charge in [0.05, 0.1) is 11.5 Å². The van der Waals surface area contributed by atoms with Crippen molar-refractivity contribution in [3.05, 3.63) is 30.2 Å². The Morgan fingerprint density at radius 2 is 2.17 bits per heavy atom. The molecule has 2 amide bonds. The van der Waals surface area contributed by atoms with Gasteiger partial charge in [0.2, 0.25) is 5.91 Å². The van der Waals surface area contributed by atoms with Gasteiger partial charge in [-0.05, 0) is 32.9 Å². The molecule has 0 aliphatic carbocycles. The third-order valence-corrected chi connectivity index (χ3v) is 6.27. The van der Waals surface area contributed by atoms with Crippen LogP contribution < -0.4 is 5.32 Å². The van der Waals surface area contributed by atoms with Gasteiger partial charge in [0, 0.05) is 39.2 Å². The molecule has 2 atom stereocenters. The van der Waals surface area contributed by atoms with Gasteiger partial charge in [0.15, 0.2) is 5.69 Å². The fourth-order valence-electron chi connectivity index (χ4n) is 4.63. The monoisotopic (exact) mass is 401 g/mol. The maximum atomic E-state index is 13.4. The molecule has 0 saturated carbocycles. The van der Waals surface area contributed by atoms with Crippen LogP contribution >= 0.6 is 0 Å². The molecule has 0 bridgehead atoms. The molecule has 2 aliphatic heterocycles. The van der Waals surface area contributed by atoms with Crippen molar-refractivity contribution in [2.75, 3.05) is 33.2 Å². The molecule has 2 aliphatic rings. The minimum atomic E-state index is -0.579. The van der Waals surface area contributed by atoms with Gasteiger partial charge < -0.3 is 19.6 Å². The Morgan fingerprint density at radius 3 is 2.90 bits per heavy atom. The lowest BCUT2D eigenvalue weighted by Gasteiger charge is -2.53. The summed E-state index contributed by atoms with van der Waals surface area (Å²) < 4.78 is 6.56. The first-order valence-electron chi connectivity index (χ1n) is 10.0. The van der Waals surface area contributed by atoms with E-state index in [1.54, 1.807) is 10.7 Å². The number of fused-ring (bicyclic) bond motifs is 1. The van der Waals surface area contributed by atoms with Crippen LogP contribution in [-0.4, -0.2) is 80.8 Å². The summed E-state index contributed by atoms with van der Waals surface area (Å²) in [6.45, 7) is 2.62. The molecule has 0 aromatic carbocycles. The summed E-state index contributed by atoms with van der Waals surface area (Å²) in [4.78, 5) is 34.6. The van der Waals surface area contributed by atoms with Gasteiger partial charge in [0.1, 0.15) is 18.4 Å². The molecule has 2 saturated heterocycles. The molecule has 2 aromatic rings. The van der Waals surface area contributed by atoms with E-state index in [9.17, 15) is 9.59 Å². The van der Waals surface area contributed by atoms with Gasteiger partial charge in [-0.1, -0.05) is 5.16 Å². The fraction of sp³-hybridized carbons (Fsp3) is 0.632. The summed E-state index contributed by atoms with van der Waals surface area (Å²) >= 11 is 0. The standard InChI is InChI=1S/C19H27N7O3/c1-24-10-7-19(18(28)20-8-4-16-21-13-22-25(16)2)6-3-9-26(15(19)12-24)17(27)14-5-11-29-23-14/h5,11,13,15H,3-4,6-10,12H2,1-2H3,(H,20,28)/t15-,19+/m0/s1. The number of carbonyl (C=O) groups is 2. The van der Waals surface area contributed by atoms with Crippen LogP contribution in [0.3, 0.4) is 0 Å². The van der Waals surface area contributed by atoms with Gasteiger partial charge in [-0.2, -0.15) is 5.10 Å². The number of nitrogens with one attached hydrogen (secondary N) is 1. The van der Waals surface area contributed by atoms with Crippen LogP contribution in [0.15, 0.2) is 23.2 Å². The Kier molecular flexibility index (Phi) is 5.35. The van der Waals surface area contributed by atoms with Gasteiger partial charge >= 0.3 is 0 Å². The number of hydrogen-bond donors (Lipinski definition) is 1. The van der Waals surface area contributed by atoms with Gasteiger partial charge in [-0.3, -0.25) is 14.3 Å². The van der Waals surface area contributed by atoms with Crippen LogP contribution in [-0.2, 0) is 18.3 Å². The normalized spacial score (nSPS) is 24.9. The van der Waals surface area contributed by atoms with Crippen molar-refractivity contribution < 1.29 is 14.1 Å². The predicted molar refractivity (Wildman–Crippen MR) is 103 cm³/mol. The van der Waals surface area contributed by atoms with E-state index in [0.29, 0.717) is 26.1 Å². The second-order valence-electron chi connectivity index (χ2n) is 7.98. The first-order valence-corrected chi connectivity index (χ1v) is 10.0. The molecule has 10 heteroatoms. The summed E-state index contributed by atoms with van der Waals surface area (Å²) in [6, 6.07) is 1.39. The van der Waals surface area contributed by atoms with Crippen molar-refractivity contribution in [2.45, 2.75) is 31.7 Å². The lowest BCUT2D eigenvalue weighted by molar-refractivity contribution is -0.142.